The Balaban J connectivity index is 2.82. The predicted octanol–water partition coefficient (Wildman–Crippen LogP) is -0.0734. The summed E-state index contributed by atoms with van der Waals surface area (Å²) in [7, 11) is 0. The third-order valence-electron chi connectivity index (χ3n) is 1.97. The van der Waals surface area contributed by atoms with Crippen molar-refractivity contribution in [1.29, 1.82) is 0 Å². The summed E-state index contributed by atoms with van der Waals surface area (Å²) in [6, 6.07) is 2.50. The number of anilines is 1. The molecule has 1 rings (SSSR count). The molecule has 5 nitrogen and oxygen atoms in total. The van der Waals surface area contributed by atoms with E-state index in [1.165, 1.54) is 0 Å². The monoisotopic (exact) mass is 195 g/mol. The second kappa shape index (κ2) is 4.06. The van der Waals surface area contributed by atoms with E-state index in [0.29, 0.717) is 5.82 Å². The zero-order chi connectivity index (χ0) is 10.7. The average Bonchev–Trinajstić information content (AvgIpc) is 2.09. The number of nitrogen functional groups attached to an aromatic ring is 1. The summed E-state index contributed by atoms with van der Waals surface area (Å²) < 4.78 is 0. The lowest BCUT2D eigenvalue weighted by molar-refractivity contribution is -0.138. The second-order valence-corrected chi connectivity index (χ2v) is 3.13. The van der Waals surface area contributed by atoms with Crippen LogP contribution in [0.1, 0.15) is 11.3 Å². The van der Waals surface area contributed by atoms with Gasteiger partial charge in [-0.2, -0.15) is 0 Å². The lowest BCUT2D eigenvalue weighted by atomic mass is 10.1. The quantitative estimate of drug-likeness (QED) is 0.626. The van der Waals surface area contributed by atoms with Gasteiger partial charge in [-0.05, 0) is 18.6 Å². The normalized spacial score (nSPS) is 12.4. The van der Waals surface area contributed by atoms with Crippen molar-refractivity contribution in [3.63, 3.8) is 0 Å². The molecule has 14 heavy (non-hydrogen) atoms. The predicted molar refractivity (Wildman–Crippen MR) is 52.7 cm³/mol. The smallest absolute Gasteiger partial charge is 0.320 e. The molecule has 1 aromatic heterocycles. The highest BCUT2D eigenvalue weighted by molar-refractivity contribution is 5.73. The van der Waals surface area contributed by atoms with E-state index >= 15 is 0 Å². The maximum absolute atomic E-state index is 10.5. The van der Waals surface area contributed by atoms with E-state index in [0.717, 1.165) is 11.3 Å². The van der Waals surface area contributed by atoms with Gasteiger partial charge in [-0.15, -0.1) is 0 Å². The number of carboxylic acids is 1. The third kappa shape index (κ3) is 2.43. The number of aliphatic carboxylic acids is 1. The first-order chi connectivity index (χ1) is 6.50. The van der Waals surface area contributed by atoms with Gasteiger partial charge in [-0.25, -0.2) is 4.98 Å². The van der Waals surface area contributed by atoms with Gasteiger partial charge in [0.25, 0.3) is 0 Å². The van der Waals surface area contributed by atoms with Crippen molar-refractivity contribution in [3.8, 4) is 0 Å². The highest BCUT2D eigenvalue weighted by atomic mass is 16.4. The van der Waals surface area contributed by atoms with Crippen LogP contribution in [0, 0.1) is 6.92 Å². The van der Waals surface area contributed by atoms with Gasteiger partial charge in [0.1, 0.15) is 11.9 Å². The van der Waals surface area contributed by atoms with E-state index < -0.39 is 12.0 Å². The average molecular weight is 195 g/mol. The van der Waals surface area contributed by atoms with Crippen LogP contribution < -0.4 is 11.5 Å². The van der Waals surface area contributed by atoms with Gasteiger partial charge in [-0.1, -0.05) is 6.07 Å². The number of carbonyl (C=O) groups is 1. The number of aromatic nitrogens is 1. The molecule has 0 aliphatic rings. The van der Waals surface area contributed by atoms with Crippen molar-refractivity contribution in [1.82, 2.24) is 4.98 Å². The Morgan fingerprint density at radius 2 is 2.29 bits per heavy atom. The summed E-state index contributed by atoms with van der Waals surface area (Å²) in [6.07, 6.45) is 0.272. The molecule has 1 aromatic rings. The van der Waals surface area contributed by atoms with Gasteiger partial charge in [0.2, 0.25) is 0 Å². The highest BCUT2D eigenvalue weighted by Crippen LogP contribution is 2.09. The maximum atomic E-state index is 10.5. The topological polar surface area (TPSA) is 102 Å². The molecule has 0 bridgehead atoms. The van der Waals surface area contributed by atoms with Crippen LogP contribution in [0.3, 0.4) is 0 Å². The largest absolute Gasteiger partial charge is 0.480 e. The zero-order valence-corrected chi connectivity index (χ0v) is 7.90. The molecule has 1 atom stereocenters. The summed E-state index contributed by atoms with van der Waals surface area (Å²) in [5.74, 6) is -0.587. The van der Waals surface area contributed by atoms with E-state index in [4.69, 9.17) is 16.6 Å². The van der Waals surface area contributed by atoms with Crippen LogP contribution in [0.4, 0.5) is 5.82 Å². The Morgan fingerprint density at radius 1 is 1.64 bits per heavy atom. The van der Waals surface area contributed by atoms with Gasteiger partial charge in [0.15, 0.2) is 0 Å². The van der Waals surface area contributed by atoms with Crippen LogP contribution in [0.5, 0.6) is 0 Å². The van der Waals surface area contributed by atoms with Gasteiger partial charge in [-0.3, -0.25) is 4.79 Å². The lowest BCUT2D eigenvalue weighted by Gasteiger charge is -2.08. The highest BCUT2D eigenvalue weighted by Gasteiger charge is 2.13. The molecule has 0 amide bonds. The van der Waals surface area contributed by atoms with Gasteiger partial charge in [0.05, 0.1) is 0 Å². The van der Waals surface area contributed by atoms with E-state index in [1.807, 2.05) is 0 Å². The maximum Gasteiger partial charge on any atom is 0.320 e. The molecule has 0 aromatic carbocycles. The first-order valence-corrected chi connectivity index (χ1v) is 4.21. The van der Waals surface area contributed by atoms with Crippen molar-refractivity contribution in [2.24, 2.45) is 5.73 Å². The van der Waals surface area contributed by atoms with Gasteiger partial charge < -0.3 is 16.6 Å². The first-order valence-electron chi connectivity index (χ1n) is 4.21. The Hall–Kier alpha value is -1.62. The van der Waals surface area contributed by atoms with Crippen LogP contribution in [0.15, 0.2) is 12.1 Å². The molecule has 0 aliphatic carbocycles. The molecule has 0 fully saturated rings. The van der Waals surface area contributed by atoms with Crippen molar-refractivity contribution in [2.45, 2.75) is 19.4 Å². The summed E-state index contributed by atoms with van der Waals surface area (Å²) in [4.78, 5) is 14.5. The summed E-state index contributed by atoms with van der Waals surface area (Å²) in [5, 5.41) is 8.62. The molecule has 76 valence electrons. The number of hydrogen-bond donors (Lipinski definition) is 3. The third-order valence-corrected chi connectivity index (χ3v) is 1.97. The molecule has 0 aliphatic heterocycles. The number of nitrogens with zero attached hydrogens (tertiary/aromatic N) is 1. The standard InChI is InChI=1S/C9H13N3O2/c1-5-6(2-3-8(11)12-5)4-7(10)9(13)14/h2-3,7H,4,10H2,1H3,(H2,11,12)(H,13,14)/t7-/m1/s1. The molecule has 0 unspecified atom stereocenters. The van der Waals surface area contributed by atoms with Crippen LogP contribution in [-0.2, 0) is 11.2 Å². The number of carboxylic acid groups (broad SMARTS) is 1. The lowest BCUT2D eigenvalue weighted by Crippen LogP contribution is -2.32. The summed E-state index contributed by atoms with van der Waals surface area (Å²) in [5.41, 5.74) is 12.4. The fourth-order valence-corrected chi connectivity index (χ4v) is 1.15. The van der Waals surface area contributed by atoms with Crippen molar-refractivity contribution in [3.05, 3.63) is 23.4 Å². The van der Waals surface area contributed by atoms with Gasteiger partial charge >= 0.3 is 5.97 Å². The minimum Gasteiger partial charge on any atom is -0.480 e. The SMILES string of the molecule is Cc1nc(N)ccc1C[C@@H](N)C(=O)O. The zero-order valence-electron chi connectivity index (χ0n) is 7.90. The summed E-state index contributed by atoms with van der Waals surface area (Å²) >= 11 is 0. The molecule has 0 saturated heterocycles. The Kier molecular flexibility index (Phi) is 3.03. The molecule has 1 heterocycles. The molecular formula is C9H13N3O2. The molecule has 5 heteroatoms. The fourth-order valence-electron chi connectivity index (χ4n) is 1.15. The fraction of sp³-hybridized carbons (Fsp3) is 0.333. The number of aryl methyl sites for hydroxylation is 1. The van der Waals surface area contributed by atoms with E-state index in [9.17, 15) is 4.79 Å². The van der Waals surface area contributed by atoms with Crippen molar-refractivity contribution < 1.29 is 9.90 Å². The number of nitrogens with two attached hydrogens (primary N) is 2. The van der Waals surface area contributed by atoms with E-state index in [1.54, 1.807) is 19.1 Å². The molecule has 0 radical (unpaired) electrons. The number of hydrogen-bond acceptors (Lipinski definition) is 4. The minimum atomic E-state index is -1.01. The number of pyridine rings is 1. The van der Waals surface area contributed by atoms with E-state index in [2.05, 4.69) is 4.98 Å². The first kappa shape index (κ1) is 10.5. The summed E-state index contributed by atoms with van der Waals surface area (Å²) in [6.45, 7) is 1.78. The minimum absolute atomic E-state index is 0.272. The molecular weight excluding hydrogens is 182 g/mol. The molecule has 0 saturated carbocycles. The van der Waals surface area contributed by atoms with E-state index in [-0.39, 0.29) is 6.42 Å². The number of rotatable bonds is 3. The second-order valence-electron chi connectivity index (χ2n) is 3.13. The van der Waals surface area contributed by atoms with Gasteiger partial charge in [0, 0.05) is 12.1 Å². The Morgan fingerprint density at radius 3 is 2.79 bits per heavy atom. The van der Waals surface area contributed by atoms with Crippen LogP contribution >= 0.6 is 0 Å². The van der Waals surface area contributed by atoms with Crippen LogP contribution in [0.2, 0.25) is 0 Å². The molecule has 0 spiro atoms. The Bertz CT molecular complexity index is 352. The van der Waals surface area contributed by atoms with Crippen molar-refractivity contribution >= 4 is 11.8 Å². The van der Waals surface area contributed by atoms with Crippen LogP contribution in [0.25, 0.3) is 0 Å². The van der Waals surface area contributed by atoms with Crippen molar-refractivity contribution in [2.75, 3.05) is 5.73 Å². The Labute approximate surface area is 81.7 Å². The van der Waals surface area contributed by atoms with Crippen LogP contribution in [-0.4, -0.2) is 22.1 Å². The molecule has 5 N–H and O–H groups in total.